The van der Waals surface area contributed by atoms with Gasteiger partial charge < -0.3 is 14.8 Å². The molecule has 1 N–H and O–H groups in total. The molecule has 0 bridgehead atoms. The van der Waals surface area contributed by atoms with Crippen LogP contribution in [0.5, 0.6) is 0 Å². The van der Waals surface area contributed by atoms with Crippen LogP contribution in [-0.4, -0.2) is 36.0 Å². The standard InChI is InChI=1S/C17H20ClN3O2/c1-20(2)9-10-21-12-14(5-8-16(21)22)17(23)19-11-13-3-6-15(18)7-4-13/h3-8,12H,9-11H2,1-2H3,(H,19,23). The molecule has 0 radical (unpaired) electrons. The first-order chi connectivity index (χ1) is 11.0. The average Bonchev–Trinajstić information content (AvgIpc) is 2.53. The van der Waals surface area contributed by atoms with E-state index < -0.39 is 0 Å². The topological polar surface area (TPSA) is 54.3 Å². The summed E-state index contributed by atoms with van der Waals surface area (Å²) in [6.45, 7) is 1.69. The van der Waals surface area contributed by atoms with Gasteiger partial charge in [-0.1, -0.05) is 23.7 Å². The summed E-state index contributed by atoms with van der Waals surface area (Å²) in [7, 11) is 3.88. The fourth-order valence-electron chi connectivity index (χ4n) is 2.03. The molecule has 0 saturated carbocycles. The summed E-state index contributed by atoms with van der Waals surface area (Å²) in [6.07, 6.45) is 1.60. The number of aromatic nitrogens is 1. The second kappa shape index (κ2) is 7.94. The fourth-order valence-corrected chi connectivity index (χ4v) is 2.16. The van der Waals surface area contributed by atoms with Crippen molar-refractivity contribution in [3.8, 4) is 0 Å². The molecule has 1 aromatic heterocycles. The van der Waals surface area contributed by atoms with Gasteiger partial charge in [-0.3, -0.25) is 9.59 Å². The Morgan fingerprint density at radius 2 is 1.87 bits per heavy atom. The van der Waals surface area contributed by atoms with Gasteiger partial charge in [-0.25, -0.2) is 0 Å². The molecule has 0 unspecified atom stereocenters. The first kappa shape index (κ1) is 17.2. The lowest BCUT2D eigenvalue weighted by Gasteiger charge is -2.12. The van der Waals surface area contributed by atoms with Crippen molar-refractivity contribution in [3.05, 3.63) is 69.1 Å². The van der Waals surface area contributed by atoms with Crippen molar-refractivity contribution in [1.29, 1.82) is 0 Å². The van der Waals surface area contributed by atoms with Gasteiger partial charge in [0.15, 0.2) is 0 Å². The normalized spacial score (nSPS) is 10.8. The SMILES string of the molecule is CN(C)CCn1cc(C(=O)NCc2ccc(Cl)cc2)ccc1=O. The molecule has 5 nitrogen and oxygen atoms in total. The molecule has 0 aliphatic heterocycles. The van der Waals surface area contributed by atoms with Gasteiger partial charge in [0.25, 0.3) is 11.5 Å². The zero-order valence-corrected chi connectivity index (χ0v) is 14.0. The molecule has 1 aromatic carbocycles. The number of pyridine rings is 1. The van der Waals surface area contributed by atoms with Gasteiger partial charge in [0, 0.05) is 36.9 Å². The number of rotatable bonds is 6. The van der Waals surface area contributed by atoms with Gasteiger partial charge in [0.2, 0.25) is 0 Å². The van der Waals surface area contributed by atoms with Crippen LogP contribution in [0.2, 0.25) is 5.02 Å². The molecule has 1 amide bonds. The molecule has 23 heavy (non-hydrogen) atoms. The van der Waals surface area contributed by atoms with Gasteiger partial charge in [0.05, 0.1) is 5.56 Å². The summed E-state index contributed by atoms with van der Waals surface area (Å²) >= 11 is 5.83. The van der Waals surface area contributed by atoms with E-state index in [0.717, 1.165) is 12.1 Å². The molecule has 0 saturated heterocycles. The van der Waals surface area contributed by atoms with E-state index in [1.165, 1.54) is 6.07 Å². The zero-order valence-electron chi connectivity index (χ0n) is 13.3. The number of carbonyl (C=O) groups is 1. The lowest BCUT2D eigenvalue weighted by atomic mass is 10.2. The van der Waals surface area contributed by atoms with E-state index in [-0.39, 0.29) is 11.5 Å². The van der Waals surface area contributed by atoms with Crippen LogP contribution in [0, 0.1) is 0 Å². The Morgan fingerprint density at radius 1 is 1.17 bits per heavy atom. The average molecular weight is 334 g/mol. The molecule has 0 spiro atoms. The van der Waals surface area contributed by atoms with Gasteiger partial charge in [0.1, 0.15) is 0 Å². The number of hydrogen-bond acceptors (Lipinski definition) is 3. The number of nitrogens with zero attached hydrogens (tertiary/aromatic N) is 2. The van der Waals surface area contributed by atoms with Crippen LogP contribution < -0.4 is 10.9 Å². The van der Waals surface area contributed by atoms with Crippen LogP contribution in [0.25, 0.3) is 0 Å². The third kappa shape index (κ3) is 5.23. The highest BCUT2D eigenvalue weighted by atomic mass is 35.5. The second-order valence-corrected chi connectivity index (χ2v) is 6.00. The van der Waals surface area contributed by atoms with E-state index in [0.29, 0.717) is 23.7 Å². The first-order valence-corrected chi connectivity index (χ1v) is 7.71. The molecular formula is C17H20ClN3O2. The molecule has 122 valence electrons. The minimum Gasteiger partial charge on any atom is -0.348 e. The quantitative estimate of drug-likeness (QED) is 0.879. The maximum Gasteiger partial charge on any atom is 0.253 e. The third-order valence-electron chi connectivity index (χ3n) is 3.40. The van der Waals surface area contributed by atoms with E-state index in [9.17, 15) is 9.59 Å². The van der Waals surface area contributed by atoms with E-state index in [4.69, 9.17) is 11.6 Å². The molecule has 2 aromatic rings. The minimum atomic E-state index is -0.210. The lowest BCUT2D eigenvalue weighted by molar-refractivity contribution is 0.0950. The molecule has 6 heteroatoms. The molecule has 0 aliphatic rings. The predicted molar refractivity (Wildman–Crippen MR) is 91.9 cm³/mol. The highest BCUT2D eigenvalue weighted by Crippen LogP contribution is 2.09. The number of carbonyl (C=O) groups excluding carboxylic acids is 1. The van der Waals surface area contributed by atoms with Crippen LogP contribution in [0.1, 0.15) is 15.9 Å². The summed E-state index contributed by atoms with van der Waals surface area (Å²) in [5.74, 6) is -0.210. The third-order valence-corrected chi connectivity index (χ3v) is 3.65. The van der Waals surface area contributed by atoms with E-state index >= 15 is 0 Å². The summed E-state index contributed by atoms with van der Waals surface area (Å²) in [6, 6.07) is 10.3. The maximum atomic E-state index is 12.2. The van der Waals surface area contributed by atoms with Crippen molar-refractivity contribution in [3.63, 3.8) is 0 Å². The summed E-state index contributed by atoms with van der Waals surface area (Å²) in [5, 5.41) is 3.50. The highest BCUT2D eigenvalue weighted by Gasteiger charge is 2.08. The Bertz CT molecular complexity index is 723. The van der Waals surface area contributed by atoms with Crippen LogP contribution in [0.4, 0.5) is 0 Å². The molecule has 0 atom stereocenters. The van der Waals surface area contributed by atoms with E-state index in [1.807, 2.05) is 31.1 Å². The molecule has 0 aliphatic carbocycles. The minimum absolute atomic E-state index is 0.110. The molecule has 2 rings (SSSR count). The number of amides is 1. The van der Waals surface area contributed by atoms with Gasteiger partial charge in [-0.15, -0.1) is 0 Å². The van der Waals surface area contributed by atoms with Crippen molar-refractivity contribution >= 4 is 17.5 Å². The number of benzene rings is 1. The zero-order chi connectivity index (χ0) is 16.8. The lowest BCUT2D eigenvalue weighted by Crippen LogP contribution is -2.29. The molecule has 0 fully saturated rings. The van der Waals surface area contributed by atoms with Crippen molar-refractivity contribution < 1.29 is 4.79 Å². The summed E-state index contributed by atoms with van der Waals surface area (Å²) in [5.41, 5.74) is 1.32. The largest absolute Gasteiger partial charge is 0.348 e. The van der Waals surface area contributed by atoms with Crippen molar-refractivity contribution in [1.82, 2.24) is 14.8 Å². The monoisotopic (exact) mass is 333 g/mol. The Hall–Kier alpha value is -2.11. The van der Waals surface area contributed by atoms with E-state index in [1.54, 1.807) is 29.0 Å². The summed E-state index contributed by atoms with van der Waals surface area (Å²) < 4.78 is 1.55. The predicted octanol–water partition coefficient (Wildman–Crippen LogP) is 1.99. The Labute approximate surface area is 140 Å². The van der Waals surface area contributed by atoms with E-state index in [2.05, 4.69) is 5.32 Å². The van der Waals surface area contributed by atoms with Crippen LogP contribution in [0.3, 0.4) is 0 Å². The highest BCUT2D eigenvalue weighted by molar-refractivity contribution is 6.30. The van der Waals surface area contributed by atoms with Gasteiger partial charge in [-0.05, 0) is 37.9 Å². The Morgan fingerprint density at radius 3 is 2.52 bits per heavy atom. The Balaban J connectivity index is 2.02. The number of nitrogens with one attached hydrogen (secondary N) is 1. The first-order valence-electron chi connectivity index (χ1n) is 7.33. The van der Waals surface area contributed by atoms with Crippen LogP contribution >= 0.6 is 11.6 Å². The fraction of sp³-hybridized carbons (Fsp3) is 0.294. The smallest absolute Gasteiger partial charge is 0.253 e. The van der Waals surface area contributed by atoms with Gasteiger partial charge >= 0.3 is 0 Å². The Kier molecular flexibility index (Phi) is 5.96. The number of halogens is 1. The number of likely N-dealkylation sites (N-methyl/N-ethyl adjacent to an activating group) is 1. The van der Waals surface area contributed by atoms with Gasteiger partial charge in [-0.2, -0.15) is 0 Å². The van der Waals surface area contributed by atoms with Crippen LogP contribution in [0.15, 0.2) is 47.4 Å². The molecular weight excluding hydrogens is 314 g/mol. The van der Waals surface area contributed by atoms with Crippen molar-refractivity contribution in [2.45, 2.75) is 13.1 Å². The second-order valence-electron chi connectivity index (χ2n) is 5.56. The van der Waals surface area contributed by atoms with Crippen LogP contribution in [-0.2, 0) is 13.1 Å². The number of hydrogen-bond donors (Lipinski definition) is 1. The summed E-state index contributed by atoms with van der Waals surface area (Å²) in [4.78, 5) is 26.0. The molecule has 1 heterocycles. The van der Waals surface area contributed by atoms with Crippen molar-refractivity contribution in [2.75, 3.05) is 20.6 Å². The van der Waals surface area contributed by atoms with Crippen molar-refractivity contribution in [2.24, 2.45) is 0 Å². The maximum absolute atomic E-state index is 12.2.